The van der Waals surface area contributed by atoms with Gasteiger partial charge in [-0.15, -0.1) is 0 Å². The van der Waals surface area contributed by atoms with Crippen molar-refractivity contribution in [3.8, 4) is 0 Å². The van der Waals surface area contributed by atoms with Gasteiger partial charge in [0.05, 0.1) is 0 Å². The predicted molar refractivity (Wildman–Crippen MR) is 125 cm³/mol. The fourth-order valence-electron chi connectivity index (χ4n) is 3.96. The zero-order valence-corrected chi connectivity index (χ0v) is 19.5. The van der Waals surface area contributed by atoms with Gasteiger partial charge in [0.2, 0.25) is 0 Å². The Labute approximate surface area is 175 Å². The number of esters is 1. The number of nitrogens with one attached hydrogen (secondary N) is 1. The Morgan fingerprint density at radius 2 is 1.62 bits per heavy atom. The molecule has 0 aliphatic heterocycles. The molecule has 4 nitrogen and oxygen atoms in total. The Balaban J connectivity index is 2.04. The van der Waals surface area contributed by atoms with E-state index in [1.54, 1.807) is 0 Å². The number of ether oxygens (including phenoxy) is 1. The SMILES string of the molecule is CCC(C(=O)Nc1c(C)cc(C)cc1C)[PH](C)(C)CC(=O)OCc1ccccc1. The molecule has 5 heteroatoms. The molecule has 0 bridgehead atoms. The second-order valence-corrected chi connectivity index (χ2v) is 13.6. The van der Waals surface area contributed by atoms with Crippen LogP contribution in [0.4, 0.5) is 5.69 Å². The summed E-state index contributed by atoms with van der Waals surface area (Å²) in [7, 11) is -2.18. The molecule has 0 heterocycles. The fourth-order valence-corrected chi connectivity index (χ4v) is 6.94. The number of carbonyl (C=O) groups is 2. The summed E-state index contributed by atoms with van der Waals surface area (Å²) in [5.74, 6) is -0.213. The number of rotatable bonds is 8. The van der Waals surface area contributed by atoms with Gasteiger partial charge in [0, 0.05) is 0 Å². The van der Waals surface area contributed by atoms with Crippen molar-refractivity contribution in [3.63, 3.8) is 0 Å². The molecule has 0 saturated heterocycles. The van der Waals surface area contributed by atoms with Crippen LogP contribution in [-0.2, 0) is 20.9 Å². The number of amides is 1. The minimum absolute atomic E-state index is 0.00933. The minimum atomic E-state index is -2.18. The van der Waals surface area contributed by atoms with E-state index < -0.39 is 7.26 Å². The first-order valence-electron chi connectivity index (χ1n) is 10.2. The summed E-state index contributed by atoms with van der Waals surface area (Å²) < 4.78 is 5.47. The Morgan fingerprint density at radius 1 is 1.03 bits per heavy atom. The van der Waals surface area contributed by atoms with E-state index in [1.807, 2.05) is 51.1 Å². The van der Waals surface area contributed by atoms with E-state index >= 15 is 0 Å². The van der Waals surface area contributed by atoms with Gasteiger partial charge < -0.3 is 0 Å². The van der Waals surface area contributed by atoms with Crippen LogP contribution in [0, 0.1) is 20.8 Å². The molecule has 0 aromatic heterocycles. The van der Waals surface area contributed by atoms with Gasteiger partial charge in [0.15, 0.2) is 0 Å². The second kappa shape index (κ2) is 10.0. The number of aryl methyl sites for hydroxylation is 3. The van der Waals surface area contributed by atoms with Crippen molar-refractivity contribution in [1.82, 2.24) is 0 Å². The van der Waals surface area contributed by atoms with Crippen LogP contribution >= 0.6 is 7.26 Å². The van der Waals surface area contributed by atoms with Crippen LogP contribution in [-0.4, -0.2) is 37.0 Å². The van der Waals surface area contributed by atoms with Gasteiger partial charge in [-0.3, -0.25) is 0 Å². The van der Waals surface area contributed by atoms with Crippen LogP contribution in [0.15, 0.2) is 42.5 Å². The molecule has 1 unspecified atom stereocenters. The fraction of sp³-hybridized carbons (Fsp3) is 0.417. The number of hydrogen-bond donors (Lipinski definition) is 1. The first-order valence-corrected chi connectivity index (χ1v) is 13.5. The number of benzene rings is 2. The molecule has 1 atom stereocenters. The zero-order chi connectivity index (χ0) is 21.6. The molecule has 29 heavy (non-hydrogen) atoms. The summed E-state index contributed by atoms with van der Waals surface area (Å²) in [6.45, 7) is 12.6. The summed E-state index contributed by atoms with van der Waals surface area (Å²) in [6, 6.07) is 13.8. The van der Waals surface area contributed by atoms with E-state index in [-0.39, 0.29) is 24.1 Å². The standard InChI is InChI=1S/C24H34NO3P/c1-7-21(24(27)25-23-18(3)13-17(2)14-19(23)4)29(5,6)16-22(26)28-15-20-11-9-8-10-12-20/h8-14,21,29H,7,15-16H2,1-6H3,(H,25,27). The van der Waals surface area contributed by atoms with Gasteiger partial charge in [-0.2, -0.15) is 0 Å². The van der Waals surface area contributed by atoms with Crippen molar-refractivity contribution in [3.05, 3.63) is 64.7 Å². The molecule has 2 rings (SSSR count). The summed E-state index contributed by atoms with van der Waals surface area (Å²) >= 11 is 0. The number of hydrogen-bond acceptors (Lipinski definition) is 3. The van der Waals surface area contributed by atoms with Crippen molar-refractivity contribution in [2.75, 3.05) is 24.8 Å². The van der Waals surface area contributed by atoms with E-state index in [9.17, 15) is 9.59 Å². The van der Waals surface area contributed by atoms with E-state index in [4.69, 9.17) is 4.74 Å². The molecule has 2 aromatic rings. The normalized spacial score (nSPS) is 12.9. The van der Waals surface area contributed by atoms with Crippen LogP contribution in [0.3, 0.4) is 0 Å². The van der Waals surface area contributed by atoms with Crippen molar-refractivity contribution in [2.45, 2.75) is 46.4 Å². The Hall–Kier alpha value is -2.19. The molecule has 2 aromatic carbocycles. The third kappa shape index (κ3) is 6.40. The molecule has 0 aliphatic rings. The maximum atomic E-state index is 13.1. The van der Waals surface area contributed by atoms with Gasteiger partial charge in [-0.1, -0.05) is 0 Å². The first-order chi connectivity index (χ1) is 13.6. The predicted octanol–water partition coefficient (Wildman–Crippen LogP) is 5.08. The maximum absolute atomic E-state index is 13.1. The van der Waals surface area contributed by atoms with Gasteiger partial charge in [0.25, 0.3) is 0 Å². The molecule has 158 valence electrons. The summed E-state index contributed by atoms with van der Waals surface area (Å²) in [5.41, 5.74) is 5.00. The van der Waals surface area contributed by atoms with Gasteiger partial charge in [-0.05, 0) is 0 Å². The summed E-state index contributed by atoms with van der Waals surface area (Å²) in [5, 5.41) is 3.14. The number of anilines is 1. The van der Waals surface area contributed by atoms with E-state index in [2.05, 4.69) is 37.7 Å². The van der Waals surface area contributed by atoms with E-state index in [0.29, 0.717) is 12.6 Å². The Bertz CT molecular complexity index is 839. The van der Waals surface area contributed by atoms with Crippen LogP contribution in [0.25, 0.3) is 0 Å². The van der Waals surface area contributed by atoms with Crippen LogP contribution in [0.5, 0.6) is 0 Å². The van der Waals surface area contributed by atoms with E-state index in [1.165, 1.54) is 5.56 Å². The molecule has 0 aliphatic carbocycles. The van der Waals surface area contributed by atoms with Crippen LogP contribution < -0.4 is 5.32 Å². The molecular weight excluding hydrogens is 381 g/mol. The molecule has 0 fully saturated rings. The molecule has 0 spiro atoms. The monoisotopic (exact) mass is 415 g/mol. The average Bonchev–Trinajstić information content (AvgIpc) is 2.63. The number of carbonyl (C=O) groups excluding carboxylic acids is 2. The molecule has 0 saturated carbocycles. The third-order valence-electron chi connectivity index (χ3n) is 5.44. The molecule has 1 N–H and O–H groups in total. The topological polar surface area (TPSA) is 55.4 Å². The van der Waals surface area contributed by atoms with Crippen molar-refractivity contribution in [2.24, 2.45) is 0 Å². The zero-order valence-electron chi connectivity index (χ0n) is 18.5. The van der Waals surface area contributed by atoms with Gasteiger partial charge >= 0.3 is 175 Å². The summed E-state index contributed by atoms with van der Waals surface area (Å²) in [4.78, 5) is 25.6. The quantitative estimate of drug-likeness (QED) is 0.483. The molecular formula is C24H34NO3P. The average molecular weight is 416 g/mol. The van der Waals surface area contributed by atoms with Crippen molar-refractivity contribution >= 4 is 24.8 Å². The van der Waals surface area contributed by atoms with E-state index in [0.717, 1.165) is 22.4 Å². The van der Waals surface area contributed by atoms with Crippen molar-refractivity contribution < 1.29 is 14.3 Å². The van der Waals surface area contributed by atoms with Crippen LogP contribution in [0.2, 0.25) is 0 Å². The third-order valence-corrected chi connectivity index (χ3v) is 9.19. The van der Waals surface area contributed by atoms with Gasteiger partial charge in [-0.25, -0.2) is 0 Å². The van der Waals surface area contributed by atoms with Crippen LogP contribution in [0.1, 0.15) is 35.6 Å². The first kappa shape index (κ1) is 23.1. The van der Waals surface area contributed by atoms with Gasteiger partial charge in [0.1, 0.15) is 0 Å². The summed E-state index contributed by atoms with van der Waals surface area (Å²) in [6.07, 6.45) is 1.04. The Kier molecular flexibility index (Phi) is 7.98. The molecule has 1 amide bonds. The van der Waals surface area contributed by atoms with Crippen molar-refractivity contribution in [1.29, 1.82) is 0 Å². The Morgan fingerprint density at radius 3 is 2.17 bits per heavy atom. The molecule has 0 radical (unpaired) electrons. The second-order valence-electron chi connectivity index (χ2n) is 8.54.